The van der Waals surface area contributed by atoms with Crippen molar-refractivity contribution in [3.63, 3.8) is 0 Å². The first kappa shape index (κ1) is 54.8. The lowest BCUT2D eigenvalue weighted by molar-refractivity contribution is -0.138. The van der Waals surface area contributed by atoms with Crippen LogP contribution in [-0.2, 0) is 29.9 Å². The largest absolute Gasteiger partial charge is 0.444 e. The third kappa shape index (κ3) is 15.3. The second kappa shape index (κ2) is 23.9. The molecule has 0 radical (unpaired) electrons. The van der Waals surface area contributed by atoms with Gasteiger partial charge >= 0.3 is 18.4 Å². The predicted molar refractivity (Wildman–Crippen MR) is 278 cm³/mol. The van der Waals surface area contributed by atoms with Crippen LogP contribution in [0.3, 0.4) is 0 Å². The van der Waals surface area contributed by atoms with E-state index in [0.29, 0.717) is 81.1 Å². The molecule has 73 heavy (non-hydrogen) atoms. The minimum Gasteiger partial charge on any atom is -0.444 e. The van der Waals surface area contributed by atoms with Crippen LogP contribution in [0.4, 0.5) is 41.4 Å². The molecular formula is C55H62F6N8O2S2. The smallest absolute Gasteiger partial charge is 0.416 e. The molecule has 18 heteroatoms. The van der Waals surface area contributed by atoms with Crippen molar-refractivity contribution in [3.8, 4) is 12.1 Å². The maximum Gasteiger partial charge on any atom is 0.416 e. The molecule has 2 fully saturated rings. The number of halogens is 6. The van der Waals surface area contributed by atoms with Gasteiger partial charge in [-0.2, -0.15) is 36.9 Å². The lowest BCUT2D eigenvalue weighted by atomic mass is 9.93. The number of nitrogens with one attached hydrogen (secondary N) is 1. The van der Waals surface area contributed by atoms with E-state index in [9.17, 15) is 36.4 Å². The normalized spacial score (nSPS) is 14.9. The first-order valence-corrected chi connectivity index (χ1v) is 26.4. The average molecular weight is 1050 g/mol. The number of amides is 1. The van der Waals surface area contributed by atoms with Gasteiger partial charge in [-0.25, -0.2) is 14.8 Å². The van der Waals surface area contributed by atoms with Crippen molar-refractivity contribution in [1.29, 1.82) is 10.5 Å². The molecule has 4 heterocycles. The third-order valence-corrected chi connectivity index (χ3v) is 15.6. The number of rotatable bonds is 14. The average Bonchev–Trinajstić information content (AvgIpc) is 3.98. The second-order valence-corrected chi connectivity index (χ2v) is 22.0. The van der Waals surface area contributed by atoms with Crippen LogP contribution in [0.25, 0.3) is 20.4 Å². The minimum atomic E-state index is -4.40. The molecule has 0 atom stereocenters. The molecule has 2 aromatic heterocycles. The molecule has 1 amide bonds. The van der Waals surface area contributed by atoms with Crippen LogP contribution in [0.1, 0.15) is 104 Å². The van der Waals surface area contributed by atoms with E-state index in [4.69, 9.17) is 15.0 Å². The van der Waals surface area contributed by atoms with Gasteiger partial charge in [0.05, 0.1) is 54.8 Å². The summed E-state index contributed by atoms with van der Waals surface area (Å²) < 4.78 is 85.9. The molecule has 0 spiro atoms. The fourth-order valence-electron chi connectivity index (χ4n) is 9.17. The number of nitrogens with zero attached hydrogens (tertiary/aromatic N) is 7. The molecular weight excluding hydrogens is 983 g/mol. The molecule has 0 unspecified atom stereocenters. The number of carbonyl (C=O) groups is 1. The number of aromatic nitrogens is 2. The van der Waals surface area contributed by atoms with Crippen molar-refractivity contribution in [3.05, 3.63) is 117 Å². The topological polar surface area (TPSA) is 121 Å². The quantitative estimate of drug-likeness (QED) is 0.106. The van der Waals surface area contributed by atoms with E-state index in [1.807, 2.05) is 71.0 Å². The van der Waals surface area contributed by atoms with Gasteiger partial charge in [0.2, 0.25) is 0 Å². The Hall–Kier alpha value is -5.95. The maximum atomic E-state index is 13.3. The van der Waals surface area contributed by atoms with E-state index in [1.54, 1.807) is 4.90 Å². The molecule has 0 saturated carbocycles. The maximum absolute atomic E-state index is 13.3. The highest BCUT2D eigenvalue weighted by Crippen LogP contribution is 2.38. The van der Waals surface area contributed by atoms with Crippen LogP contribution in [0.15, 0.2) is 72.8 Å². The van der Waals surface area contributed by atoms with Gasteiger partial charge in [0.15, 0.2) is 10.3 Å². The van der Waals surface area contributed by atoms with E-state index < -0.39 is 29.1 Å². The van der Waals surface area contributed by atoms with Gasteiger partial charge in [-0.1, -0.05) is 46.9 Å². The zero-order valence-corrected chi connectivity index (χ0v) is 43.6. The number of hydrogen-bond acceptors (Lipinski definition) is 11. The fraction of sp³-hybridized carbons (Fsp3) is 0.473. The van der Waals surface area contributed by atoms with Gasteiger partial charge in [-0.3, -0.25) is 0 Å². The SMILES string of the molecule is Cc1cc(CCN(CCC2CCN(C(=O)OC(C)(C)C)CC2)c2nc3ccc(C(F)(F)F)cc3s2)ccc1C#N.Cc1cc(CCN(CCC2CCNCC2)c2nc3ccc(C(F)(F)F)cc3s2)ccc1C#N. The second-order valence-electron chi connectivity index (χ2n) is 20.0. The van der Waals surface area contributed by atoms with Crippen molar-refractivity contribution in [2.45, 2.75) is 104 Å². The number of ether oxygens (including phenoxy) is 1. The van der Waals surface area contributed by atoms with E-state index in [-0.39, 0.29) is 6.09 Å². The number of benzene rings is 4. The highest BCUT2D eigenvalue weighted by molar-refractivity contribution is 7.22. The Bertz CT molecular complexity index is 2920. The van der Waals surface area contributed by atoms with Crippen molar-refractivity contribution < 1.29 is 35.9 Å². The highest BCUT2D eigenvalue weighted by atomic mass is 32.1. The van der Waals surface area contributed by atoms with Crippen LogP contribution in [0.2, 0.25) is 0 Å². The number of nitriles is 2. The number of anilines is 2. The number of aryl methyl sites for hydroxylation is 2. The van der Waals surface area contributed by atoms with Crippen molar-refractivity contribution in [2.24, 2.45) is 11.8 Å². The Kier molecular flexibility index (Phi) is 18.0. The molecule has 8 rings (SSSR count). The summed E-state index contributed by atoms with van der Waals surface area (Å²) in [7, 11) is 0. The number of likely N-dealkylation sites (tertiary alicyclic amines) is 1. The molecule has 388 valence electrons. The molecule has 0 bridgehead atoms. The molecule has 4 aromatic carbocycles. The summed E-state index contributed by atoms with van der Waals surface area (Å²) in [6.07, 6.45) is -1.58. The van der Waals surface area contributed by atoms with Gasteiger partial charge in [-0.05, 0) is 182 Å². The zero-order chi connectivity index (χ0) is 52.5. The summed E-state index contributed by atoms with van der Waals surface area (Å²) in [5.74, 6) is 1.07. The van der Waals surface area contributed by atoms with E-state index in [1.165, 1.54) is 46.9 Å². The summed E-state index contributed by atoms with van der Waals surface area (Å²) in [5, 5.41) is 23.3. The number of thiazole rings is 2. The van der Waals surface area contributed by atoms with Crippen LogP contribution in [0.5, 0.6) is 0 Å². The number of fused-ring (bicyclic) bond motifs is 2. The summed E-state index contributed by atoms with van der Waals surface area (Å²) >= 11 is 2.60. The minimum absolute atomic E-state index is 0.280. The van der Waals surface area contributed by atoms with Gasteiger partial charge in [0.25, 0.3) is 0 Å². The number of hydrogen-bond donors (Lipinski definition) is 1. The monoisotopic (exact) mass is 1040 g/mol. The van der Waals surface area contributed by atoms with Gasteiger partial charge < -0.3 is 24.8 Å². The van der Waals surface area contributed by atoms with Crippen LogP contribution in [0, 0.1) is 48.3 Å². The van der Waals surface area contributed by atoms with E-state index in [2.05, 4.69) is 32.2 Å². The predicted octanol–water partition coefficient (Wildman–Crippen LogP) is 13.5. The van der Waals surface area contributed by atoms with Gasteiger partial charge in [-0.15, -0.1) is 0 Å². The Labute approximate surface area is 431 Å². The summed E-state index contributed by atoms with van der Waals surface area (Å²) in [5.41, 5.74) is 4.73. The number of piperidine rings is 2. The number of carbonyl (C=O) groups excluding carboxylic acids is 1. The Morgan fingerprint density at radius 2 is 1.11 bits per heavy atom. The molecule has 2 saturated heterocycles. The molecule has 1 N–H and O–H groups in total. The van der Waals surface area contributed by atoms with Crippen molar-refractivity contribution >= 4 is 59.5 Å². The van der Waals surface area contributed by atoms with Gasteiger partial charge in [0.1, 0.15) is 5.60 Å². The van der Waals surface area contributed by atoms with E-state index >= 15 is 0 Å². The van der Waals surface area contributed by atoms with Crippen molar-refractivity contribution in [1.82, 2.24) is 20.2 Å². The molecule has 10 nitrogen and oxygen atoms in total. The van der Waals surface area contributed by atoms with Gasteiger partial charge in [0, 0.05) is 39.3 Å². The van der Waals surface area contributed by atoms with E-state index in [0.717, 1.165) is 111 Å². The molecule has 2 aliphatic rings. The summed E-state index contributed by atoms with van der Waals surface area (Å²) in [6.45, 7) is 15.7. The van der Waals surface area contributed by atoms with Crippen molar-refractivity contribution in [2.75, 3.05) is 62.2 Å². The Morgan fingerprint density at radius 3 is 1.51 bits per heavy atom. The summed E-state index contributed by atoms with van der Waals surface area (Å²) in [4.78, 5) is 27.9. The third-order valence-electron chi connectivity index (χ3n) is 13.5. The van der Waals surface area contributed by atoms with Crippen LogP contribution in [-0.4, -0.2) is 78.9 Å². The molecule has 2 aliphatic heterocycles. The Morgan fingerprint density at radius 1 is 0.671 bits per heavy atom. The molecule has 6 aromatic rings. The zero-order valence-electron chi connectivity index (χ0n) is 41.9. The lowest BCUT2D eigenvalue weighted by Gasteiger charge is -2.34. The Balaban J connectivity index is 0.000000218. The fourth-order valence-corrected chi connectivity index (χ4v) is 11.3. The standard InChI is InChI=1S/C30H35F3N4O2S.C25H27F3N4S/c1-20-17-22(5-6-23(20)19-34)12-14-36(27-35-25-8-7-24(30(31,32)33)18-26(25)40-27)13-9-21-10-15-37(16-11-21)28(38)39-29(2,3)4;1-17-14-19(2-3-20(17)16-29)9-13-32(12-8-18-6-10-30-11-7-18)24-31-22-5-4-21(25(26,27)28)15-23(22)33-24/h5-8,17-18,21H,9-16H2,1-4H3;2-5,14-15,18,30H,6-13H2,1H3. The van der Waals surface area contributed by atoms with Crippen LogP contribution < -0.4 is 15.1 Å². The molecule has 0 aliphatic carbocycles. The highest BCUT2D eigenvalue weighted by Gasteiger charge is 2.33. The summed E-state index contributed by atoms with van der Waals surface area (Å²) in [6, 6.07) is 23.5. The lowest BCUT2D eigenvalue weighted by Crippen LogP contribution is -2.42. The van der Waals surface area contributed by atoms with Crippen LogP contribution >= 0.6 is 22.7 Å². The first-order valence-electron chi connectivity index (χ1n) is 24.8. The number of alkyl halides is 6. The first-order chi connectivity index (χ1) is 34.6.